The first kappa shape index (κ1) is 11.4. The normalized spacial score (nSPS) is 10.2. The molecule has 2 aromatic carbocycles. The lowest BCUT2D eigenvalue weighted by molar-refractivity contribution is 0.627. The molecule has 0 spiro atoms. The van der Waals surface area contributed by atoms with E-state index in [-0.39, 0.29) is 11.6 Å². The third-order valence-electron chi connectivity index (χ3n) is 2.41. The molecule has 0 bridgehead atoms. The Morgan fingerprint density at radius 1 is 0.941 bits per heavy atom. The van der Waals surface area contributed by atoms with Gasteiger partial charge in [0.05, 0.1) is 11.4 Å². The van der Waals surface area contributed by atoms with Crippen molar-refractivity contribution in [1.82, 2.24) is 0 Å². The molecule has 17 heavy (non-hydrogen) atoms. The lowest BCUT2D eigenvalue weighted by atomic mass is 10.2. The van der Waals surface area contributed by atoms with Crippen molar-refractivity contribution < 1.29 is 8.78 Å². The van der Waals surface area contributed by atoms with Crippen molar-refractivity contribution in [1.29, 1.82) is 0 Å². The van der Waals surface area contributed by atoms with Crippen LogP contribution in [0.15, 0.2) is 42.5 Å². The molecular formula is C13H12F2N2. The van der Waals surface area contributed by atoms with E-state index in [2.05, 4.69) is 5.32 Å². The largest absolute Gasteiger partial charge is 0.397 e. The van der Waals surface area contributed by atoms with Gasteiger partial charge in [-0.15, -0.1) is 0 Å². The highest BCUT2D eigenvalue weighted by Gasteiger charge is 2.01. The zero-order valence-electron chi connectivity index (χ0n) is 9.08. The van der Waals surface area contributed by atoms with Gasteiger partial charge in [0.15, 0.2) is 0 Å². The first-order valence-electron chi connectivity index (χ1n) is 5.18. The molecule has 2 rings (SSSR count). The highest BCUT2D eigenvalue weighted by Crippen LogP contribution is 2.20. The zero-order valence-corrected chi connectivity index (χ0v) is 9.08. The second kappa shape index (κ2) is 4.82. The molecule has 2 aromatic rings. The summed E-state index contributed by atoms with van der Waals surface area (Å²) in [6.07, 6.45) is 0. The minimum atomic E-state index is -0.346. The van der Waals surface area contributed by atoms with Gasteiger partial charge in [-0.25, -0.2) is 8.78 Å². The second-order valence-corrected chi connectivity index (χ2v) is 3.71. The molecule has 2 nitrogen and oxygen atoms in total. The minimum Gasteiger partial charge on any atom is -0.397 e. The van der Waals surface area contributed by atoms with Crippen molar-refractivity contribution in [2.24, 2.45) is 0 Å². The number of nitrogens with two attached hydrogens (primary N) is 1. The molecule has 0 aliphatic carbocycles. The summed E-state index contributed by atoms with van der Waals surface area (Å²) in [6, 6.07) is 10.2. The summed E-state index contributed by atoms with van der Waals surface area (Å²) in [5, 5.41) is 3.00. The predicted octanol–water partition coefficient (Wildman–Crippen LogP) is 3.16. The summed E-state index contributed by atoms with van der Waals surface area (Å²) in [5.74, 6) is -0.625. The van der Waals surface area contributed by atoms with Gasteiger partial charge in [0.25, 0.3) is 0 Å². The van der Waals surface area contributed by atoms with Crippen LogP contribution in [-0.4, -0.2) is 0 Å². The minimum absolute atomic E-state index is 0.279. The van der Waals surface area contributed by atoms with Gasteiger partial charge in [0.2, 0.25) is 0 Å². The van der Waals surface area contributed by atoms with Gasteiger partial charge < -0.3 is 11.1 Å². The van der Waals surface area contributed by atoms with E-state index in [9.17, 15) is 8.78 Å². The van der Waals surface area contributed by atoms with Crippen molar-refractivity contribution in [2.45, 2.75) is 6.54 Å². The Hall–Kier alpha value is -2.10. The number of nitrogen functional groups attached to an aromatic ring is 1. The van der Waals surface area contributed by atoms with Crippen LogP contribution in [-0.2, 0) is 6.54 Å². The van der Waals surface area contributed by atoms with Gasteiger partial charge in [0.1, 0.15) is 11.6 Å². The Bertz CT molecular complexity index is 509. The Labute approximate surface area is 98.1 Å². The lowest BCUT2D eigenvalue weighted by Crippen LogP contribution is -2.02. The average molecular weight is 234 g/mol. The molecule has 0 fully saturated rings. The Morgan fingerprint density at radius 2 is 1.59 bits per heavy atom. The summed E-state index contributed by atoms with van der Waals surface area (Å²) >= 11 is 0. The molecule has 0 heterocycles. The van der Waals surface area contributed by atoms with E-state index in [0.717, 1.165) is 5.56 Å². The third kappa shape index (κ3) is 2.93. The van der Waals surface area contributed by atoms with Crippen molar-refractivity contribution in [3.63, 3.8) is 0 Å². The van der Waals surface area contributed by atoms with Gasteiger partial charge in [-0.3, -0.25) is 0 Å². The van der Waals surface area contributed by atoms with E-state index < -0.39 is 0 Å². The van der Waals surface area contributed by atoms with Gasteiger partial charge in [-0.2, -0.15) is 0 Å². The standard InChI is InChI=1S/C13H12F2N2/c14-10-3-1-9(2-4-10)8-17-13-7-11(15)5-6-12(13)16/h1-7,17H,8,16H2. The summed E-state index contributed by atoms with van der Waals surface area (Å²) < 4.78 is 25.7. The number of nitrogens with one attached hydrogen (secondary N) is 1. The van der Waals surface area contributed by atoms with Crippen molar-refractivity contribution in [2.75, 3.05) is 11.1 Å². The molecule has 0 amide bonds. The molecule has 0 radical (unpaired) electrons. The van der Waals surface area contributed by atoms with Gasteiger partial charge in [-0.05, 0) is 35.9 Å². The number of benzene rings is 2. The van der Waals surface area contributed by atoms with E-state index >= 15 is 0 Å². The fraction of sp³-hybridized carbons (Fsp3) is 0.0769. The average Bonchev–Trinajstić information content (AvgIpc) is 2.32. The quantitative estimate of drug-likeness (QED) is 0.800. The lowest BCUT2D eigenvalue weighted by Gasteiger charge is -2.09. The zero-order chi connectivity index (χ0) is 12.3. The first-order valence-corrected chi connectivity index (χ1v) is 5.18. The molecule has 0 saturated carbocycles. The predicted molar refractivity (Wildman–Crippen MR) is 64.5 cm³/mol. The maximum atomic E-state index is 13.0. The molecule has 0 unspecified atom stereocenters. The number of rotatable bonds is 3. The second-order valence-electron chi connectivity index (χ2n) is 3.71. The van der Waals surface area contributed by atoms with Crippen LogP contribution >= 0.6 is 0 Å². The molecule has 0 saturated heterocycles. The maximum absolute atomic E-state index is 13.0. The van der Waals surface area contributed by atoms with Crippen LogP contribution in [0.1, 0.15) is 5.56 Å². The van der Waals surface area contributed by atoms with E-state index in [1.165, 1.54) is 30.3 Å². The van der Waals surface area contributed by atoms with Crippen molar-refractivity contribution >= 4 is 11.4 Å². The summed E-state index contributed by atoms with van der Waals surface area (Å²) in [7, 11) is 0. The molecule has 88 valence electrons. The van der Waals surface area contributed by atoms with Gasteiger partial charge in [-0.1, -0.05) is 12.1 Å². The maximum Gasteiger partial charge on any atom is 0.125 e. The summed E-state index contributed by atoms with van der Waals surface area (Å²) in [4.78, 5) is 0. The highest BCUT2D eigenvalue weighted by atomic mass is 19.1. The van der Waals surface area contributed by atoms with E-state index in [0.29, 0.717) is 17.9 Å². The topological polar surface area (TPSA) is 38.0 Å². The van der Waals surface area contributed by atoms with Crippen LogP contribution in [0, 0.1) is 11.6 Å². The SMILES string of the molecule is Nc1ccc(F)cc1NCc1ccc(F)cc1. The van der Waals surface area contributed by atoms with E-state index in [1.54, 1.807) is 12.1 Å². The number of halogens is 2. The molecule has 4 heteroatoms. The van der Waals surface area contributed by atoms with E-state index in [4.69, 9.17) is 5.73 Å². The summed E-state index contributed by atoms with van der Waals surface area (Å²) in [5.41, 5.74) is 7.60. The number of hydrogen-bond acceptors (Lipinski definition) is 2. The van der Waals surface area contributed by atoms with E-state index in [1.807, 2.05) is 0 Å². The molecule has 0 atom stereocenters. The molecule has 0 aromatic heterocycles. The monoisotopic (exact) mass is 234 g/mol. The Balaban J connectivity index is 2.07. The van der Waals surface area contributed by atoms with Crippen molar-refractivity contribution in [3.05, 3.63) is 59.7 Å². The van der Waals surface area contributed by atoms with Crippen LogP contribution in [0.2, 0.25) is 0 Å². The van der Waals surface area contributed by atoms with Gasteiger partial charge in [0, 0.05) is 6.54 Å². The van der Waals surface area contributed by atoms with Crippen LogP contribution in [0.5, 0.6) is 0 Å². The molecule has 0 aliphatic heterocycles. The first-order chi connectivity index (χ1) is 8.15. The van der Waals surface area contributed by atoms with Crippen LogP contribution in [0.3, 0.4) is 0 Å². The van der Waals surface area contributed by atoms with Gasteiger partial charge >= 0.3 is 0 Å². The summed E-state index contributed by atoms with van der Waals surface area (Å²) in [6.45, 7) is 0.466. The number of hydrogen-bond donors (Lipinski definition) is 2. The fourth-order valence-corrected chi connectivity index (χ4v) is 1.48. The number of anilines is 2. The Kier molecular flexibility index (Phi) is 3.23. The van der Waals surface area contributed by atoms with Crippen molar-refractivity contribution in [3.8, 4) is 0 Å². The molecule has 0 aliphatic rings. The fourth-order valence-electron chi connectivity index (χ4n) is 1.48. The smallest absolute Gasteiger partial charge is 0.125 e. The van der Waals surface area contributed by atoms with Crippen LogP contribution in [0.25, 0.3) is 0 Å². The third-order valence-corrected chi connectivity index (χ3v) is 2.41. The Morgan fingerprint density at radius 3 is 2.29 bits per heavy atom. The highest BCUT2D eigenvalue weighted by molar-refractivity contribution is 5.65. The van der Waals surface area contributed by atoms with Crippen LogP contribution < -0.4 is 11.1 Å². The molecule has 3 N–H and O–H groups in total. The molecular weight excluding hydrogens is 222 g/mol. The van der Waals surface area contributed by atoms with Crippen LogP contribution in [0.4, 0.5) is 20.2 Å².